The molecule has 1 aliphatic rings. The van der Waals surface area contributed by atoms with Gasteiger partial charge in [-0.15, -0.1) is 0 Å². The summed E-state index contributed by atoms with van der Waals surface area (Å²) >= 11 is 0. The number of amides is 4. The van der Waals surface area contributed by atoms with Crippen LogP contribution in [-0.4, -0.2) is 55.3 Å². The zero-order chi connectivity index (χ0) is 22.4. The third kappa shape index (κ3) is 8.43. The number of aromatic amines is 1. The number of hydrogen-bond acceptors (Lipinski definition) is 8. The number of carbonyl (C=O) groups is 2. The Morgan fingerprint density at radius 2 is 1.90 bits per heavy atom. The van der Waals surface area contributed by atoms with Gasteiger partial charge >= 0.3 is 25.6 Å². The first kappa shape index (κ1) is 24.3. The molecule has 0 aromatic carbocycles. The fourth-order valence-corrected chi connectivity index (χ4v) is 2.45. The van der Waals surface area contributed by atoms with Gasteiger partial charge in [0.2, 0.25) is 0 Å². The SMILES string of the molecule is Cc1cn([C@H]2C[C@H](O)[C@@H](COP(=O)(O)O)O2)c(=O)[nH]c1=O.NC(=O)N=NC(N)=O. The summed E-state index contributed by atoms with van der Waals surface area (Å²) in [4.78, 5) is 61.6. The molecule has 0 bridgehead atoms. The number of rotatable bonds is 4. The van der Waals surface area contributed by atoms with Crippen molar-refractivity contribution < 1.29 is 38.3 Å². The molecule has 16 nitrogen and oxygen atoms in total. The third-order valence-corrected chi connectivity index (χ3v) is 3.80. The van der Waals surface area contributed by atoms with E-state index < -0.39 is 56.2 Å². The highest BCUT2D eigenvalue weighted by Gasteiger charge is 2.37. The van der Waals surface area contributed by atoms with E-state index in [0.717, 1.165) is 4.57 Å². The normalized spacial score (nSPS) is 21.6. The van der Waals surface area contributed by atoms with Crippen LogP contribution in [0.15, 0.2) is 26.0 Å². The molecule has 0 unspecified atom stereocenters. The van der Waals surface area contributed by atoms with Gasteiger partial charge in [-0.2, -0.15) is 0 Å². The molecule has 0 aliphatic carbocycles. The quantitative estimate of drug-likeness (QED) is 0.227. The molecule has 1 fully saturated rings. The largest absolute Gasteiger partial charge is 0.469 e. The second-order valence-electron chi connectivity index (χ2n) is 5.57. The lowest BCUT2D eigenvalue weighted by molar-refractivity contribution is -0.0451. The number of primary amides is 2. The predicted molar refractivity (Wildman–Crippen MR) is 92.6 cm³/mol. The minimum Gasteiger partial charge on any atom is -0.390 e. The number of phosphoric acid groups is 1. The molecular formula is C12H19N6O10P. The van der Waals surface area contributed by atoms with Crippen molar-refractivity contribution in [1.29, 1.82) is 0 Å². The van der Waals surface area contributed by atoms with Crippen LogP contribution in [0.4, 0.5) is 9.59 Å². The van der Waals surface area contributed by atoms with Crippen LogP contribution in [0.1, 0.15) is 18.2 Å². The number of nitrogens with one attached hydrogen (secondary N) is 1. The van der Waals surface area contributed by atoms with Gasteiger partial charge in [0.15, 0.2) is 0 Å². The number of nitrogens with zero attached hydrogens (tertiary/aromatic N) is 3. The maximum Gasteiger partial charge on any atom is 0.469 e. The molecule has 1 aromatic rings. The molecule has 3 atom stereocenters. The second-order valence-corrected chi connectivity index (χ2v) is 6.81. The number of aliphatic hydroxyl groups is 1. The van der Waals surface area contributed by atoms with Crippen molar-refractivity contribution in [3.63, 3.8) is 0 Å². The summed E-state index contributed by atoms with van der Waals surface area (Å²) in [6.07, 6.45) is -1.57. The van der Waals surface area contributed by atoms with Gasteiger partial charge in [0.25, 0.3) is 5.56 Å². The monoisotopic (exact) mass is 438 g/mol. The summed E-state index contributed by atoms with van der Waals surface area (Å²) in [7, 11) is -4.67. The van der Waals surface area contributed by atoms with Crippen LogP contribution in [0.25, 0.3) is 0 Å². The first-order valence-electron chi connectivity index (χ1n) is 7.66. The fourth-order valence-electron chi connectivity index (χ4n) is 2.11. The van der Waals surface area contributed by atoms with Crippen molar-refractivity contribution in [2.75, 3.05) is 6.61 Å². The number of carbonyl (C=O) groups excluding carboxylic acids is 2. The smallest absolute Gasteiger partial charge is 0.390 e. The van der Waals surface area contributed by atoms with E-state index in [1.165, 1.54) is 13.1 Å². The molecule has 4 amide bonds. The van der Waals surface area contributed by atoms with E-state index in [0.29, 0.717) is 5.56 Å². The lowest BCUT2D eigenvalue weighted by Gasteiger charge is -2.16. The van der Waals surface area contributed by atoms with Crippen LogP contribution in [0.5, 0.6) is 0 Å². The van der Waals surface area contributed by atoms with Gasteiger partial charge in [0.05, 0.1) is 12.7 Å². The van der Waals surface area contributed by atoms with Gasteiger partial charge in [0.1, 0.15) is 12.3 Å². The van der Waals surface area contributed by atoms with Crippen molar-refractivity contribution in [3.05, 3.63) is 32.6 Å². The summed E-state index contributed by atoms with van der Waals surface area (Å²) < 4.78 is 21.4. The average Bonchev–Trinajstić information content (AvgIpc) is 2.95. The molecule has 8 N–H and O–H groups in total. The van der Waals surface area contributed by atoms with E-state index in [2.05, 4.69) is 31.2 Å². The fraction of sp³-hybridized carbons (Fsp3) is 0.500. The van der Waals surface area contributed by atoms with Crippen LogP contribution in [-0.2, 0) is 13.8 Å². The molecular weight excluding hydrogens is 419 g/mol. The topological polar surface area (TPSA) is 262 Å². The molecule has 17 heteroatoms. The number of phosphoric ester groups is 1. The van der Waals surface area contributed by atoms with Crippen molar-refractivity contribution in [2.45, 2.75) is 31.8 Å². The summed E-state index contributed by atoms with van der Waals surface area (Å²) in [5, 5.41) is 15.0. The Hall–Kier alpha value is -2.75. The Labute approximate surface area is 161 Å². The summed E-state index contributed by atoms with van der Waals surface area (Å²) in [5.74, 6) is 0. The molecule has 1 aliphatic heterocycles. The average molecular weight is 438 g/mol. The van der Waals surface area contributed by atoms with E-state index in [9.17, 15) is 28.8 Å². The number of ether oxygens (including phenoxy) is 1. The van der Waals surface area contributed by atoms with Crippen LogP contribution >= 0.6 is 7.82 Å². The standard InChI is InChI=1S/C10H15N2O8P.C2H4N4O2/c1-5-3-12(10(15)11-9(5)14)8-2-6(13)7(20-8)4-19-21(16,17)18;3-1(7)5-6-2(4)8/h3,6-8,13H,2,4H2,1H3,(H,11,14,15)(H2,16,17,18);(H2,3,7)(H2,4,8)/t6-,7+,8+;/m0./s1. The zero-order valence-electron chi connectivity index (χ0n) is 14.9. The van der Waals surface area contributed by atoms with Gasteiger partial charge in [-0.05, 0) is 6.92 Å². The molecule has 2 heterocycles. The minimum atomic E-state index is -4.67. The van der Waals surface area contributed by atoms with Gasteiger partial charge in [-0.3, -0.25) is 18.9 Å². The Morgan fingerprint density at radius 1 is 1.34 bits per heavy atom. The van der Waals surface area contributed by atoms with Crippen LogP contribution < -0.4 is 22.7 Å². The highest BCUT2D eigenvalue weighted by atomic mass is 31.2. The molecule has 0 radical (unpaired) electrons. The number of aromatic nitrogens is 2. The van der Waals surface area contributed by atoms with Crippen LogP contribution in [0.2, 0.25) is 0 Å². The minimum absolute atomic E-state index is 0.0283. The Balaban J connectivity index is 0.000000447. The van der Waals surface area contributed by atoms with Crippen molar-refractivity contribution in [3.8, 4) is 0 Å². The van der Waals surface area contributed by atoms with E-state index in [1.807, 2.05) is 0 Å². The second kappa shape index (κ2) is 10.1. The van der Waals surface area contributed by atoms with Crippen LogP contribution in [0, 0.1) is 6.92 Å². The highest BCUT2D eigenvalue weighted by molar-refractivity contribution is 7.46. The summed E-state index contributed by atoms with van der Waals surface area (Å²) in [6, 6.07) is -2.08. The molecule has 1 aromatic heterocycles. The van der Waals surface area contributed by atoms with E-state index in [1.54, 1.807) is 0 Å². The number of hydrogen-bond donors (Lipinski definition) is 6. The third-order valence-electron chi connectivity index (χ3n) is 3.31. The number of urea groups is 2. The Morgan fingerprint density at radius 3 is 2.38 bits per heavy atom. The molecule has 2 rings (SSSR count). The Kier molecular flexibility index (Phi) is 8.50. The maximum atomic E-state index is 11.7. The van der Waals surface area contributed by atoms with Gasteiger partial charge in [-0.25, -0.2) is 18.9 Å². The predicted octanol–water partition coefficient (Wildman–Crippen LogP) is -1.80. The van der Waals surface area contributed by atoms with Crippen molar-refractivity contribution in [2.24, 2.45) is 21.7 Å². The van der Waals surface area contributed by atoms with E-state index >= 15 is 0 Å². The highest BCUT2D eigenvalue weighted by Crippen LogP contribution is 2.38. The van der Waals surface area contributed by atoms with Gasteiger partial charge in [-0.1, -0.05) is 10.2 Å². The number of azo groups is 1. The van der Waals surface area contributed by atoms with Gasteiger partial charge < -0.3 is 31.1 Å². The number of aryl methyl sites for hydroxylation is 1. The van der Waals surface area contributed by atoms with Crippen LogP contribution in [0.3, 0.4) is 0 Å². The maximum absolute atomic E-state index is 11.7. The number of H-pyrrole nitrogens is 1. The van der Waals surface area contributed by atoms with E-state index in [-0.39, 0.29) is 6.42 Å². The Bertz CT molecular complexity index is 920. The zero-order valence-corrected chi connectivity index (χ0v) is 15.8. The van der Waals surface area contributed by atoms with Crippen molar-refractivity contribution in [1.82, 2.24) is 9.55 Å². The summed E-state index contributed by atoms with van der Waals surface area (Å²) in [5.41, 5.74) is 7.95. The number of nitrogens with two attached hydrogens (primary N) is 2. The van der Waals surface area contributed by atoms with E-state index in [4.69, 9.17) is 14.5 Å². The molecule has 0 saturated carbocycles. The first-order chi connectivity index (χ1) is 13.3. The number of aliphatic hydroxyl groups excluding tert-OH is 1. The lowest BCUT2D eigenvalue weighted by Crippen LogP contribution is -2.33. The van der Waals surface area contributed by atoms with Crippen molar-refractivity contribution >= 4 is 19.9 Å². The van der Waals surface area contributed by atoms with Gasteiger partial charge in [0, 0.05) is 18.2 Å². The molecule has 162 valence electrons. The summed E-state index contributed by atoms with van der Waals surface area (Å²) in [6.45, 7) is 0.994. The molecule has 29 heavy (non-hydrogen) atoms. The molecule has 0 spiro atoms. The first-order valence-corrected chi connectivity index (χ1v) is 9.19. The lowest BCUT2D eigenvalue weighted by atomic mass is 10.2. The molecule has 1 saturated heterocycles.